The third kappa shape index (κ3) is 3.62. The van der Waals surface area contributed by atoms with Crippen molar-refractivity contribution in [3.63, 3.8) is 0 Å². The van der Waals surface area contributed by atoms with Gasteiger partial charge in [0.15, 0.2) is 0 Å². The zero-order valence-corrected chi connectivity index (χ0v) is 16.8. The summed E-state index contributed by atoms with van der Waals surface area (Å²) in [5.74, 6) is -0.307. The van der Waals surface area contributed by atoms with Gasteiger partial charge in [0.05, 0.1) is 12.3 Å². The zero-order valence-electron chi connectivity index (χ0n) is 16.8. The number of aliphatic hydroxyl groups excluding tert-OH is 1. The van der Waals surface area contributed by atoms with Crippen molar-refractivity contribution in [3.05, 3.63) is 88.0 Å². The van der Waals surface area contributed by atoms with Gasteiger partial charge in [-0.25, -0.2) is 4.52 Å². The third-order valence-corrected chi connectivity index (χ3v) is 5.17. The van der Waals surface area contributed by atoms with Gasteiger partial charge in [-0.2, -0.15) is 5.10 Å². The van der Waals surface area contributed by atoms with Crippen LogP contribution in [0.15, 0.2) is 65.7 Å². The predicted molar refractivity (Wildman–Crippen MR) is 115 cm³/mol. The molecule has 7 heteroatoms. The number of hydrogen-bond donors (Lipinski definition) is 2. The van der Waals surface area contributed by atoms with E-state index in [4.69, 9.17) is 0 Å². The van der Waals surface area contributed by atoms with Crippen LogP contribution < -0.4 is 10.9 Å². The number of amides is 1. The van der Waals surface area contributed by atoms with Crippen molar-refractivity contribution < 1.29 is 9.90 Å². The number of benzene rings is 2. The highest BCUT2D eigenvalue weighted by Gasteiger charge is 2.18. The lowest BCUT2D eigenvalue weighted by molar-refractivity contribution is -0.116. The monoisotopic (exact) mass is 402 g/mol. The number of nitrogens with zero attached hydrogens (tertiary/aromatic N) is 3. The van der Waals surface area contributed by atoms with Gasteiger partial charge in [-0.05, 0) is 37.1 Å². The van der Waals surface area contributed by atoms with Gasteiger partial charge in [-0.1, -0.05) is 36.4 Å². The van der Waals surface area contributed by atoms with Crippen molar-refractivity contribution in [1.82, 2.24) is 14.2 Å². The summed E-state index contributed by atoms with van der Waals surface area (Å²) < 4.78 is 2.77. The summed E-state index contributed by atoms with van der Waals surface area (Å²) in [6.07, 6.45) is 3.14. The van der Waals surface area contributed by atoms with Crippen LogP contribution in [0.3, 0.4) is 0 Å². The lowest BCUT2D eigenvalue weighted by Crippen LogP contribution is -2.28. The molecule has 0 saturated heterocycles. The second kappa shape index (κ2) is 7.96. The summed E-state index contributed by atoms with van der Waals surface area (Å²) in [7, 11) is 0. The van der Waals surface area contributed by atoms with E-state index in [0.29, 0.717) is 16.9 Å². The van der Waals surface area contributed by atoms with E-state index in [2.05, 4.69) is 10.4 Å². The van der Waals surface area contributed by atoms with Gasteiger partial charge in [-0.15, -0.1) is 0 Å². The average molecular weight is 402 g/mol. The molecule has 4 rings (SSSR count). The Balaban J connectivity index is 1.67. The summed E-state index contributed by atoms with van der Waals surface area (Å²) in [6, 6.07) is 15.0. The molecule has 7 nitrogen and oxygen atoms in total. The van der Waals surface area contributed by atoms with Gasteiger partial charge in [0, 0.05) is 29.2 Å². The first-order chi connectivity index (χ1) is 14.5. The summed E-state index contributed by atoms with van der Waals surface area (Å²) in [4.78, 5) is 25.6. The van der Waals surface area contributed by atoms with E-state index in [1.165, 1.54) is 15.3 Å². The number of nitrogens with one attached hydrogen (secondary N) is 1. The van der Waals surface area contributed by atoms with Crippen LogP contribution in [0, 0.1) is 13.8 Å². The van der Waals surface area contributed by atoms with Crippen molar-refractivity contribution in [2.45, 2.75) is 27.0 Å². The molecule has 0 atom stereocenters. The van der Waals surface area contributed by atoms with E-state index in [1.54, 1.807) is 6.20 Å². The quantitative estimate of drug-likeness (QED) is 0.537. The highest BCUT2D eigenvalue weighted by Crippen LogP contribution is 2.24. The van der Waals surface area contributed by atoms with E-state index < -0.39 is 0 Å². The molecular weight excluding hydrogens is 380 g/mol. The molecule has 0 aliphatic rings. The number of carbonyl (C=O) groups excluding carboxylic acids is 1. The molecule has 1 amide bonds. The molecule has 4 aromatic rings. The maximum atomic E-state index is 13.1. The van der Waals surface area contributed by atoms with Crippen molar-refractivity contribution in [3.8, 4) is 11.3 Å². The Morgan fingerprint density at radius 2 is 1.83 bits per heavy atom. The fraction of sp³-hybridized carbons (Fsp3) is 0.174. The van der Waals surface area contributed by atoms with Crippen molar-refractivity contribution >= 4 is 17.1 Å². The Morgan fingerprint density at radius 1 is 1.07 bits per heavy atom. The number of carbonyl (C=O) groups is 1. The van der Waals surface area contributed by atoms with E-state index in [0.717, 1.165) is 16.7 Å². The first kappa shape index (κ1) is 19.6. The summed E-state index contributed by atoms with van der Waals surface area (Å²) >= 11 is 0. The SMILES string of the molecule is Cc1ccc(NC(=O)Cn2ccn3nc(-c4ccccc4)c(CO)c3c2=O)cc1C. The topological polar surface area (TPSA) is 88.6 Å². The Hall–Kier alpha value is -3.71. The van der Waals surface area contributed by atoms with Gasteiger partial charge >= 0.3 is 0 Å². The van der Waals surface area contributed by atoms with Gasteiger partial charge in [0.1, 0.15) is 12.1 Å². The second-order valence-electron chi connectivity index (χ2n) is 7.22. The molecular formula is C23H22N4O3. The highest BCUT2D eigenvalue weighted by atomic mass is 16.3. The number of rotatable bonds is 5. The minimum Gasteiger partial charge on any atom is -0.392 e. The molecule has 0 radical (unpaired) electrons. The molecule has 2 heterocycles. The molecule has 2 N–H and O–H groups in total. The van der Waals surface area contributed by atoms with Crippen molar-refractivity contribution in [2.24, 2.45) is 0 Å². The largest absolute Gasteiger partial charge is 0.392 e. The fourth-order valence-corrected chi connectivity index (χ4v) is 3.43. The maximum Gasteiger partial charge on any atom is 0.277 e. The molecule has 2 aromatic heterocycles. The van der Waals surface area contributed by atoms with Crippen LogP contribution in [0.1, 0.15) is 16.7 Å². The minimum atomic E-state index is -0.383. The first-order valence-electron chi connectivity index (χ1n) is 9.62. The fourth-order valence-electron chi connectivity index (χ4n) is 3.43. The number of fused-ring (bicyclic) bond motifs is 1. The zero-order chi connectivity index (χ0) is 21.3. The van der Waals surface area contributed by atoms with Crippen molar-refractivity contribution in [1.29, 1.82) is 0 Å². The Kier molecular flexibility index (Phi) is 5.20. The van der Waals surface area contributed by atoms with Gasteiger partial charge < -0.3 is 15.0 Å². The molecule has 0 bridgehead atoms. The highest BCUT2D eigenvalue weighted by molar-refractivity contribution is 5.90. The van der Waals surface area contributed by atoms with Gasteiger partial charge in [-0.3, -0.25) is 9.59 Å². The molecule has 2 aromatic carbocycles. The summed E-state index contributed by atoms with van der Waals surface area (Å²) in [5, 5.41) is 17.2. The van der Waals surface area contributed by atoms with Crippen LogP contribution >= 0.6 is 0 Å². The van der Waals surface area contributed by atoms with Gasteiger partial charge in [0.2, 0.25) is 5.91 Å². The maximum absolute atomic E-state index is 13.1. The Bertz CT molecular complexity index is 1290. The van der Waals surface area contributed by atoms with Crippen LogP contribution in [-0.2, 0) is 17.9 Å². The molecule has 0 unspecified atom stereocenters. The number of hydrogen-bond acceptors (Lipinski definition) is 4. The standard InChI is InChI=1S/C23H22N4O3/c1-15-8-9-18(12-16(15)2)24-20(29)13-26-10-11-27-22(23(26)30)19(14-28)21(25-27)17-6-4-3-5-7-17/h3-12,28H,13-14H2,1-2H3,(H,24,29). The molecule has 152 valence electrons. The smallest absolute Gasteiger partial charge is 0.277 e. The third-order valence-electron chi connectivity index (χ3n) is 5.17. The van der Waals surface area contributed by atoms with Crippen LogP contribution in [-0.4, -0.2) is 25.2 Å². The molecule has 0 spiro atoms. The van der Waals surface area contributed by atoms with E-state index >= 15 is 0 Å². The summed E-state index contributed by atoms with van der Waals surface area (Å²) in [5.41, 5.74) is 4.58. The summed E-state index contributed by atoms with van der Waals surface area (Å²) in [6.45, 7) is 3.51. The van der Waals surface area contributed by atoms with E-state index in [9.17, 15) is 14.7 Å². The number of aromatic nitrogens is 3. The van der Waals surface area contributed by atoms with Crippen LogP contribution in [0.25, 0.3) is 16.8 Å². The van der Waals surface area contributed by atoms with Crippen LogP contribution in [0.5, 0.6) is 0 Å². The first-order valence-corrected chi connectivity index (χ1v) is 9.62. The average Bonchev–Trinajstić information content (AvgIpc) is 3.13. The normalized spacial score (nSPS) is 11.0. The van der Waals surface area contributed by atoms with Crippen LogP contribution in [0.2, 0.25) is 0 Å². The Labute approximate surface area is 173 Å². The lowest BCUT2D eigenvalue weighted by atomic mass is 10.1. The minimum absolute atomic E-state index is 0.140. The molecule has 0 fully saturated rings. The number of aliphatic hydroxyl groups is 1. The second-order valence-corrected chi connectivity index (χ2v) is 7.22. The predicted octanol–water partition coefficient (Wildman–Crippen LogP) is 2.91. The van der Waals surface area contributed by atoms with Gasteiger partial charge in [0.25, 0.3) is 5.56 Å². The molecule has 0 saturated carbocycles. The van der Waals surface area contributed by atoms with Crippen LogP contribution in [0.4, 0.5) is 5.69 Å². The van der Waals surface area contributed by atoms with E-state index in [-0.39, 0.29) is 30.1 Å². The van der Waals surface area contributed by atoms with Crippen molar-refractivity contribution in [2.75, 3.05) is 5.32 Å². The number of aryl methyl sites for hydroxylation is 2. The number of anilines is 1. The van der Waals surface area contributed by atoms with E-state index in [1.807, 2.05) is 62.4 Å². The molecule has 0 aliphatic carbocycles. The lowest BCUT2D eigenvalue weighted by Gasteiger charge is -2.09. The Morgan fingerprint density at radius 3 is 2.53 bits per heavy atom. The molecule has 0 aliphatic heterocycles. The molecule has 30 heavy (non-hydrogen) atoms.